The lowest BCUT2D eigenvalue weighted by Crippen LogP contribution is -2.42. The van der Waals surface area contributed by atoms with Gasteiger partial charge in [-0.1, -0.05) is 0 Å². The van der Waals surface area contributed by atoms with E-state index >= 15 is 0 Å². The molecule has 1 aliphatic rings. The van der Waals surface area contributed by atoms with Crippen molar-refractivity contribution in [2.75, 3.05) is 39.8 Å². The lowest BCUT2D eigenvalue weighted by Gasteiger charge is -2.24. The number of hydrogen-bond acceptors (Lipinski definition) is 4. The molecule has 1 aliphatic carbocycles. The Bertz CT molecular complexity index is 1060. The lowest BCUT2D eigenvalue weighted by molar-refractivity contribution is 0.414. The number of hydrogen-bond donors (Lipinski definition) is 1. The maximum absolute atomic E-state index is 11.7. The third-order valence-corrected chi connectivity index (χ3v) is 7.13. The smallest absolute Gasteiger partial charge is 0.193 e. The molecule has 9 heteroatoms. The number of aromatic nitrogens is 1. The number of halogens is 1. The Morgan fingerprint density at radius 1 is 1.25 bits per heavy atom. The Morgan fingerprint density at radius 3 is 2.38 bits per heavy atom. The molecule has 1 aromatic carbocycles. The lowest BCUT2D eigenvalue weighted by atomic mass is 10.1. The fourth-order valence-corrected chi connectivity index (χ4v) is 5.71. The van der Waals surface area contributed by atoms with E-state index in [0.29, 0.717) is 13.1 Å². The third-order valence-electron chi connectivity index (χ3n) is 5.99. The van der Waals surface area contributed by atoms with Gasteiger partial charge < -0.3 is 19.5 Å². The molecular weight excluding hydrogens is 539 g/mol. The number of benzene rings is 1. The van der Waals surface area contributed by atoms with Gasteiger partial charge >= 0.3 is 0 Å². The zero-order valence-electron chi connectivity index (χ0n) is 19.8. The van der Waals surface area contributed by atoms with Crippen LogP contribution in [0.15, 0.2) is 35.3 Å². The van der Waals surface area contributed by atoms with E-state index in [9.17, 15) is 8.42 Å². The molecule has 0 spiro atoms. The van der Waals surface area contributed by atoms with Crippen LogP contribution in [0, 0.1) is 19.3 Å². The normalized spacial score (nSPS) is 15.1. The molecule has 0 aliphatic heterocycles. The maximum atomic E-state index is 11.7. The SMILES string of the molecule is CN=C(NCC1(CS(C)(=O)=O)CC1)N(C)Cc1cc(C)n(-c2ccc(OC)cc2)c1C.I. The fraction of sp³-hybridized carbons (Fsp3) is 0.522. The molecule has 178 valence electrons. The van der Waals surface area contributed by atoms with Crippen molar-refractivity contribution in [3.05, 3.63) is 47.3 Å². The number of methoxy groups -OCH3 is 1. The molecule has 3 rings (SSSR count). The predicted octanol–water partition coefficient (Wildman–Crippen LogP) is 3.55. The molecule has 0 radical (unpaired) electrons. The van der Waals surface area contributed by atoms with Crippen LogP contribution in [0.25, 0.3) is 5.69 Å². The topological polar surface area (TPSA) is 75.9 Å². The van der Waals surface area contributed by atoms with Gasteiger partial charge in [0.15, 0.2) is 5.96 Å². The molecule has 7 nitrogen and oxygen atoms in total. The quantitative estimate of drug-likeness (QED) is 0.297. The molecule has 2 aromatic rings. The molecule has 1 heterocycles. The second-order valence-electron chi connectivity index (χ2n) is 8.76. The number of ether oxygens (including phenoxy) is 1. The summed E-state index contributed by atoms with van der Waals surface area (Å²) in [6, 6.07) is 10.3. The summed E-state index contributed by atoms with van der Waals surface area (Å²) in [5, 5.41) is 3.39. The van der Waals surface area contributed by atoms with Gasteiger partial charge in [-0.3, -0.25) is 4.99 Å². The fourth-order valence-electron chi connectivity index (χ4n) is 4.20. The highest BCUT2D eigenvalue weighted by molar-refractivity contribution is 14.0. The van der Waals surface area contributed by atoms with Gasteiger partial charge in [0.1, 0.15) is 15.6 Å². The van der Waals surface area contributed by atoms with Gasteiger partial charge in [0.05, 0.1) is 12.9 Å². The van der Waals surface area contributed by atoms with Crippen molar-refractivity contribution < 1.29 is 13.2 Å². The Hall–Kier alpha value is -1.75. The van der Waals surface area contributed by atoms with Crippen LogP contribution in [0.5, 0.6) is 5.75 Å². The molecule has 32 heavy (non-hydrogen) atoms. The number of guanidine groups is 1. The van der Waals surface area contributed by atoms with Crippen LogP contribution < -0.4 is 10.1 Å². The first-order valence-corrected chi connectivity index (χ1v) is 12.6. The first-order chi connectivity index (χ1) is 14.6. The van der Waals surface area contributed by atoms with Crippen molar-refractivity contribution in [2.45, 2.75) is 33.2 Å². The molecule has 1 N–H and O–H groups in total. The first-order valence-electron chi connectivity index (χ1n) is 10.5. The molecule has 0 bridgehead atoms. The molecule has 0 atom stereocenters. The van der Waals surface area contributed by atoms with Gasteiger partial charge in [0, 0.05) is 55.9 Å². The van der Waals surface area contributed by atoms with E-state index in [-0.39, 0.29) is 35.1 Å². The van der Waals surface area contributed by atoms with E-state index in [2.05, 4.69) is 51.8 Å². The molecular formula is C23H35IN4O3S. The number of aliphatic imine (C=N–C) groups is 1. The molecule has 1 fully saturated rings. The minimum absolute atomic E-state index is 0. The van der Waals surface area contributed by atoms with E-state index in [1.807, 2.05) is 19.2 Å². The number of nitrogens with zero attached hydrogens (tertiary/aromatic N) is 3. The highest BCUT2D eigenvalue weighted by Crippen LogP contribution is 2.46. The number of sulfone groups is 1. The van der Waals surface area contributed by atoms with Crippen molar-refractivity contribution in [1.29, 1.82) is 0 Å². The minimum Gasteiger partial charge on any atom is -0.497 e. The second-order valence-corrected chi connectivity index (χ2v) is 10.9. The predicted molar refractivity (Wildman–Crippen MR) is 141 cm³/mol. The van der Waals surface area contributed by atoms with Crippen LogP contribution in [0.4, 0.5) is 0 Å². The largest absolute Gasteiger partial charge is 0.497 e. The Balaban J connectivity index is 0.00000363. The first kappa shape index (κ1) is 26.5. The van der Waals surface area contributed by atoms with Crippen LogP contribution in [0.3, 0.4) is 0 Å². The number of rotatable bonds is 8. The Morgan fingerprint density at radius 2 is 1.88 bits per heavy atom. The number of nitrogens with one attached hydrogen (secondary N) is 1. The molecule has 0 amide bonds. The highest BCUT2D eigenvalue weighted by Gasteiger charge is 2.45. The third kappa shape index (κ3) is 6.40. The Labute approximate surface area is 209 Å². The van der Waals surface area contributed by atoms with Gasteiger partial charge in [-0.05, 0) is 62.6 Å². The van der Waals surface area contributed by atoms with Crippen molar-refractivity contribution >= 4 is 39.8 Å². The summed E-state index contributed by atoms with van der Waals surface area (Å²) in [4.78, 5) is 6.49. The van der Waals surface area contributed by atoms with E-state index in [0.717, 1.165) is 30.2 Å². The van der Waals surface area contributed by atoms with Gasteiger partial charge in [0.2, 0.25) is 0 Å². The molecule has 1 saturated carbocycles. The summed E-state index contributed by atoms with van der Waals surface area (Å²) in [7, 11) is 2.45. The van der Waals surface area contributed by atoms with Crippen molar-refractivity contribution in [3.8, 4) is 11.4 Å². The summed E-state index contributed by atoms with van der Waals surface area (Å²) >= 11 is 0. The average Bonchev–Trinajstić information content (AvgIpc) is 3.39. The van der Waals surface area contributed by atoms with Crippen molar-refractivity contribution in [1.82, 2.24) is 14.8 Å². The summed E-state index contributed by atoms with van der Waals surface area (Å²) < 4.78 is 31.0. The zero-order valence-corrected chi connectivity index (χ0v) is 23.0. The highest BCUT2D eigenvalue weighted by atomic mass is 127. The summed E-state index contributed by atoms with van der Waals surface area (Å²) in [5.41, 5.74) is 4.52. The van der Waals surface area contributed by atoms with E-state index in [4.69, 9.17) is 4.74 Å². The van der Waals surface area contributed by atoms with Gasteiger partial charge in [-0.2, -0.15) is 0 Å². The average molecular weight is 575 g/mol. The molecule has 0 saturated heterocycles. The van der Waals surface area contributed by atoms with Gasteiger partial charge in [-0.25, -0.2) is 8.42 Å². The van der Waals surface area contributed by atoms with Crippen LogP contribution in [0.1, 0.15) is 29.8 Å². The monoisotopic (exact) mass is 574 g/mol. The molecule has 0 unspecified atom stereocenters. The van der Waals surface area contributed by atoms with Crippen molar-refractivity contribution in [3.63, 3.8) is 0 Å². The van der Waals surface area contributed by atoms with E-state index < -0.39 is 9.84 Å². The van der Waals surface area contributed by atoms with Gasteiger partial charge in [-0.15, -0.1) is 24.0 Å². The summed E-state index contributed by atoms with van der Waals surface area (Å²) in [5.74, 6) is 1.84. The summed E-state index contributed by atoms with van der Waals surface area (Å²) in [6.07, 6.45) is 3.19. The van der Waals surface area contributed by atoms with Crippen molar-refractivity contribution in [2.24, 2.45) is 10.4 Å². The van der Waals surface area contributed by atoms with Crippen LogP contribution >= 0.6 is 24.0 Å². The van der Waals surface area contributed by atoms with E-state index in [1.54, 1.807) is 14.2 Å². The van der Waals surface area contributed by atoms with Crippen LogP contribution in [-0.2, 0) is 16.4 Å². The van der Waals surface area contributed by atoms with E-state index in [1.165, 1.54) is 23.2 Å². The van der Waals surface area contributed by atoms with Crippen LogP contribution in [0.2, 0.25) is 0 Å². The summed E-state index contributed by atoms with van der Waals surface area (Å²) in [6.45, 7) is 5.56. The maximum Gasteiger partial charge on any atom is 0.193 e. The van der Waals surface area contributed by atoms with Gasteiger partial charge in [0.25, 0.3) is 0 Å². The Kier molecular flexibility index (Phi) is 8.66. The zero-order chi connectivity index (χ0) is 22.8. The number of aryl methyl sites for hydroxylation is 1. The minimum atomic E-state index is -2.99. The second kappa shape index (κ2) is 10.5. The molecule has 1 aromatic heterocycles. The van der Waals surface area contributed by atoms with Crippen LogP contribution in [-0.4, -0.2) is 63.6 Å². The standard InChI is InChI=1S/C23H34N4O3S.HI/c1-17-13-19(18(2)27(17)20-7-9-21(30-5)10-8-20)14-26(4)22(24-3)25-15-23(11-12-23)16-31(6,28)29;/h7-10,13H,11-12,14-16H2,1-6H3,(H,24,25);1H.